The van der Waals surface area contributed by atoms with Gasteiger partial charge in [-0.15, -0.1) is 0 Å². The molecule has 0 radical (unpaired) electrons. The lowest BCUT2D eigenvalue weighted by Gasteiger charge is -2.44. The van der Waals surface area contributed by atoms with Crippen LogP contribution in [0.3, 0.4) is 0 Å². The highest BCUT2D eigenvalue weighted by atomic mass is 16.5. The van der Waals surface area contributed by atoms with Crippen molar-refractivity contribution < 1.29 is 9.53 Å². The molecule has 4 nitrogen and oxygen atoms in total. The molecule has 21 heavy (non-hydrogen) atoms. The lowest BCUT2D eigenvalue weighted by atomic mass is 9.85. The first-order valence-electron chi connectivity index (χ1n) is 8.84. The Bertz CT molecular complexity index is 402. The van der Waals surface area contributed by atoms with E-state index in [2.05, 4.69) is 31.0 Å². The zero-order valence-corrected chi connectivity index (χ0v) is 13.8. The van der Waals surface area contributed by atoms with Crippen molar-refractivity contribution in [2.75, 3.05) is 6.61 Å². The monoisotopic (exact) mass is 294 g/mol. The second-order valence-corrected chi connectivity index (χ2v) is 7.13. The number of amides is 1. The van der Waals surface area contributed by atoms with E-state index < -0.39 is 0 Å². The van der Waals surface area contributed by atoms with E-state index in [9.17, 15) is 4.79 Å². The predicted molar refractivity (Wildman–Crippen MR) is 82.9 cm³/mol. The zero-order chi connectivity index (χ0) is 15.1. The Hall–Kier alpha value is -0.610. The molecule has 3 aliphatic rings. The molecule has 3 rings (SSSR count). The molecule has 1 N–H and O–H groups in total. The smallest absolute Gasteiger partial charge is 0.244 e. The number of rotatable bonds is 5. The molecule has 0 aromatic rings. The Morgan fingerprint density at radius 1 is 1.29 bits per heavy atom. The number of carbonyl (C=O) groups excluding carboxylic acids is 1. The van der Waals surface area contributed by atoms with Gasteiger partial charge >= 0.3 is 0 Å². The van der Waals surface area contributed by atoms with E-state index in [4.69, 9.17) is 4.74 Å². The summed E-state index contributed by atoms with van der Waals surface area (Å²) in [6.45, 7) is 7.42. The summed E-state index contributed by atoms with van der Waals surface area (Å²) in [5.41, 5.74) is -0.196. The van der Waals surface area contributed by atoms with E-state index >= 15 is 0 Å². The van der Waals surface area contributed by atoms with Gasteiger partial charge < -0.3 is 9.64 Å². The van der Waals surface area contributed by atoms with Gasteiger partial charge in [-0.2, -0.15) is 0 Å². The molecule has 2 unspecified atom stereocenters. The van der Waals surface area contributed by atoms with Crippen molar-refractivity contribution in [3.8, 4) is 0 Å². The van der Waals surface area contributed by atoms with E-state index in [0.717, 1.165) is 58.0 Å². The average Bonchev–Trinajstić information content (AvgIpc) is 3.23. The highest BCUT2D eigenvalue weighted by Gasteiger charge is 2.60. The summed E-state index contributed by atoms with van der Waals surface area (Å²) in [6.07, 6.45) is 8.56. The summed E-state index contributed by atoms with van der Waals surface area (Å²) in [7, 11) is 0. The van der Waals surface area contributed by atoms with Gasteiger partial charge in [-0.25, -0.2) is 0 Å². The first-order valence-corrected chi connectivity index (χ1v) is 8.84. The van der Waals surface area contributed by atoms with Crippen LogP contribution in [0.5, 0.6) is 0 Å². The summed E-state index contributed by atoms with van der Waals surface area (Å²) >= 11 is 0. The Kier molecular flexibility index (Phi) is 4.04. The molecule has 0 bridgehead atoms. The van der Waals surface area contributed by atoms with Gasteiger partial charge in [-0.1, -0.05) is 27.2 Å². The fourth-order valence-electron chi connectivity index (χ4n) is 4.21. The van der Waals surface area contributed by atoms with Crippen molar-refractivity contribution in [3.63, 3.8) is 0 Å². The van der Waals surface area contributed by atoms with E-state index in [0.29, 0.717) is 11.9 Å². The van der Waals surface area contributed by atoms with Crippen LogP contribution in [0.15, 0.2) is 0 Å². The SMILES string of the molecule is CCCC1NC2(CC2)C(=O)N1C1CCOC(CC)(CC)C1. The first kappa shape index (κ1) is 15.3. The predicted octanol–water partition coefficient (Wildman–Crippen LogP) is 2.81. The van der Waals surface area contributed by atoms with Gasteiger partial charge in [0.1, 0.15) is 0 Å². The average molecular weight is 294 g/mol. The Balaban J connectivity index is 1.78. The van der Waals surface area contributed by atoms with Gasteiger partial charge in [-0.05, 0) is 44.9 Å². The molecule has 1 amide bonds. The van der Waals surface area contributed by atoms with Crippen molar-refractivity contribution in [1.82, 2.24) is 10.2 Å². The summed E-state index contributed by atoms with van der Waals surface area (Å²) in [5.74, 6) is 0.369. The van der Waals surface area contributed by atoms with Crippen LogP contribution in [0.4, 0.5) is 0 Å². The van der Waals surface area contributed by atoms with E-state index in [1.165, 1.54) is 0 Å². The molecule has 2 atom stereocenters. The third-order valence-electron chi connectivity index (χ3n) is 5.88. The maximum absolute atomic E-state index is 12.9. The van der Waals surface area contributed by atoms with Crippen LogP contribution in [-0.4, -0.2) is 40.8 Å². The molecule has 0 aromatic carbocycles. The van der Waals surface area contributed by atoms with Crippen molar-refractivity contribution in [2.24, 2.45) is 0 Å². The highest BCUT2D eigenvalue weighted by Crippen LogP contribution is 2.45. The number of ether oxygens (including phenoxy) is 1. The number of nitrogens with zero attached hydrogens (tertiary/aromatic N) is 1. The number of hydrogen-bond acceptors (Lipinski definition) is 3. The second kappa shape index (κ2) is 5.54. The molecule has 0 aromatic heterocycles. The summed E-state index contributed by atoms with van der Waals surface area (Å²) in [5, 5.41) is 3.64. The van der Waals surface area contributed by atoms with Crippen LogP contribution >= 0.6 is 0 Å². The van der Waals surface area contributed by atoms with Crippen molar-refractivity contribution in [3.05, 3.63) is 0 Å². The van der Waals surface area contributed by atoms with Gasteiger partial charge in [0, 0.05) is 12.6 Å². The normalized spacial score (nSPS) is 33.7. The Labute approximate surface area is 128 Å². The molecule has 120 valence electrons. The standard InChI is InChI=1S/C17H30N2O2/c1-4-7-14-18-17(9-10-17)15(20)19(14)13-8-11-21-16(5-2,6-3)12-13/h13-14,18H,4-12H2,1-3H3. The zero-order valence-electron chi connectivity index (χ0n) is 13.8. The van der Waals surface area contributed by atoms with Crippen molar-refractivity contribution in [2.45, 2.75) is 95.5 Å². The van der Waals surface area contributed by atoms with Crippen molar-refractivity contribution in [1.29, 1.82) is 0 Å². The van der Waals surface area contributed by atoms with Crippen LogP contribution in [0.25, 0.3) is 0 Å². The Morgan fingerprint density at radius 2 is 2.00 bits per heavy atom. The molecule has 2 aliphatic heterocycles. The molecule has 1 aliphatic carbocycles. The summed E-state index contributed by atoms with van der Waals surface area (Å²) in [4.78, 5) is 15.1. The molecule has 2 heterocycles. The third-order valence-corrected chi connectivity index (χ3v) is 5.88. The minimum Gasteiger partial charge on any atom is -0.375 e. The molecule has 2 saturated heterocycles. The van der Waals surface area contributed by atoms with Crippen LogP contribution in [0, 0.1) is 0 Å². The summed E-state index contributed by atoms with van der Waals surface area (Å²) in [6, 6.07) is 0.357. The summed E-state index contributed by atoms with van der Waals surface area (Å²) < 4.78 is 6.09. The number of hydrogen-bond donors (Lipinski definition) is 1. The quantitative estimate of drug-likeness (QED) is 0.848. The minimum atomic E-state index is -0.181. The van der Waals surface area contributed by atoms with Gasteiger partial charge in [0.25, 0.3) is 0 Å². The molecular weight excluding hydrogens is 264 g/mol. The second-order valence-electron chi connectivity index (χ2n) is 7.13. The molecule has 3 fully saturated rings. The molecular formula is C17H30N2O2. The van der Waals surface area contributed by atoms with Crippen LogP contribution < -0.4 is 5.32 Å². The lowest BCUT2D eigenvalue weighted by Crippen LogP contribution is -2.52. The highest BCUT2D eigenvalue weighted by molar-refractivity contribution is 5.92. The molecule has 1 spiro atoms. The van der Waals surface area contributed by atoms with Crippen molar-refractivity contribution >= 4 is 5.91 Å². The van der Waals surface area contributed by atoms with E-state index in [-0.39, 0.29) is 17.3 Å². The lowest BCUT2D eigenvalue weighted by molar-refractivity contribution is -0.144. The fourth-order valence-corrected chi connectivity index (χ4v) is 4.21. The van der Waals surface area contributed by atoms with Crippen LogP contribution in [0.1, 0.15) is 72.1 Å². The maximum atomic E-state index is 12.9. The number of carbonyl (C=O) groups is 1. The topological polar surface area (TPSA) is 41.6 Å². The van der Waals surface area contributed by atoms with Gasteiger partial charge in [0.2, 0.25) is 5.91 Å². The fraction of sp³-hybridized carbons (Fsp3) is 0.941. The minimum absolute atomic E-state index is 0.0146. The maximum Gasteiger partial charge on any atom is 0.244 e. The Morgan fingerprint density at radius 3 is 2.57 bits per heavy atom. The van der Waals surface area contributed by atoms with Gasteiger partial charge in [0.15, 0.2) is 0 Å². The van der Waals surface area contributed by atoms with Gasteiger partial charge in [-0.3, -0.25) is 10.1 Å². The van der Waals surface area contributed by atoms with Gasteiger partial charge in [0.05, 0.1) is 17.3 Å². The van der Waals surface area contributed by atoms with E-state index in [1.54, 1.807) is 0 Å². The van der Waals surface area contributed by atoms with Crippen LogP contribution in [0.2, 0.25) is 0 Å². The molecule has 1 saturated carbocycles. The first-order chi connectivity index (χ1) is 10.1. The van der Waals surface area contributed by atoms with E-state index in [1.807, 2.05) is 0 Å². The largest absolute Gasteiger partial charge is 0.375 e. The third kappa shape index (κ3) is 2.50. The molecule has 4 heteroatoms. The number of nitrogens with one attached hydrogen (secondary N) is 1. The van der Waals surface area contributed by atoms with Crippen LogP contribution in [-0.2, 0) is 9.53 Å².